The van der Waals surface area contributed by atoms with Gasteiger partial charge in [0, 0.05) is 60.4 Å². The van der Waals surface area contributed by atoms with Crippen LogP contribution in [0.15, 0.2) is 0 Å². The molecule has 0 aliphatic rings. The maximum Gasteiger partial charge on any atom is 0.0148 e. The summed E-state index contributed by atoms with van der Waals surface area (Å²) in [5.41, 5.74) is 0. The molecule has 11 heavy (non-hydrogen) atoms. The van der Waals surface area contributed by atoms with Crippen LogP contribution in [0.2, 0.25) is 0 Å². The first-order valence-electron chi connectivity index (χ1n) is 0.983. The predicted octanol–water partition coefficient (Wildman–Crippen LogP) is -0.604. The van der Waals surface area contributed by atoms with Crippen molar-refractivity contribution >= 4 is 10.8 Å². The molecule has 0 aromatic carbocycles. The average Bonchev–Trinajstić information content (AvgIpc) is 0.811. The van der Waals surface area contributed by atoms with Crippen molar-refractivity contribution in [1.29, 1.82) is 0 Å². The molecule has 0 aliphatic heterocycles. The zero-order valence-electron chi connectivity index (χ0n) is 5.75. The van der Waals surface area contributed by atoms with Crippen LogP contribution >= 0.6 is 0 Å². The summed E-state index contributed by atoms with van der Waals surface area (Å²) >= 11 is 0. The van der Waals surface area contributed by atoms with Crippen molar-refractivity contribution in [2.24, 2.45) is 0 Å². The maximum absolute atomic E-state index is 9.56. The van der Waals surface area contributed by atoms with Gasteiger partial charge in [-0.1, -0.05) is 0 Å². The van der Waals surface area contributed by atoms with Gasteiger partial charge in [0.25, 0.3) is 0 Å². The second-order valence-corrected chi connectivity index (χ2v) is 2.22. The van der Waals surface area contributed by atoms with Gasteiger partial charge < -0.3 is 27.4 Å². The third-order valence-corrected chi connectivity index (χ3v) is 0. The zero-order chi connectivity index (χ0) is 3.58. The largest absolute Gasteiger partial charge is 2.00 e. The molecule has 76 valence electrons. The van der Waals surface area contributed by atoms with Crippen molar-refractivity contribution in [1.82, 2.24) is 0 Å². The SMILES string of the molecule is CS(C)=O.[O-2].[O-2].[O-2].[O-2].[O-2].[V].[V]. The van der Waals surface area contributed by atoms with E-state index in [9.17, 15) is 4.21 Å². The molecule has 0 rings (SSSR count). The smallest absolute Gasteiger partial charge is 0.0148 e. The van der Waals surface area contributed by atoms with Gasteiger partial charge in [-0.3, -0.25) is 4.21 Å². The zero-order valence-corrected chi connectivity index (χ0v) is 9.36. The molecule has 2 radical (unpaired) electrons. The Bertz CT molecular complexity index is 41.6. The van der Waals surface area contributed by atoms with E-state index in [0.717, 1.165) is 0 Å². The van der Waals surface area contributed by atoms with Gasteiger partial charge >= 0.3 is 0 Å². The van der Waals surface area contributed by atoms with Crippen molar-refractivity contribution in [3.05, 3.63) is 0 Å². The van der Waals surface area contributed by atoms with E-state index >= 15 is 0 Å². The minimum absolute atomic E-state index is 0. The molecule has 0 N–H and O–H groups in total. The van der Waals surface area contributed by atoms with Gasteiger partial charge in [0.05, 0.1) is 0 Å². The third kappa shape index (κ3) is 739. The van der Waals surface area contributed by atoms with Crippen LogP contribution in [0.5, 0.6) is 0 Å². The summed E-state index contributed by atoms with van der Waals surface area (Å²) < 4.78 is 9.56. The molecule has 0 unspecified atom stereocenters. The average molecular weight is 260 g/mol. The minimum Gasteiger partial charge on any atom is -2.00 e. The molecule has 6 nitrogen and oxygen atoms in total. The van der Waals surface area contributed by atoms with Crippen LogP contribution < -0.4 is 0 Å². The van der Waals surface area contributed by atoms with Crippen LogP contribution in [0.4, 0.5) is 0 Å². The fraction of sp³-hybridized carbons (Fsp3) is 1.00. The van der Waals surface area contributed by atoms with Crippen molar-refractivity contribution in [2.75, 3.05) is 12.5 Å². The summed E-state index contributed by atoms with van der Waals surface area (Å²) in [7, 11) is -0.611. The Morgan fingerprint density at radius 1 is 0.727 bits per heavy atom. The van der Waals surface area contributed by atoms with E-state index in [2.05, 4.69) is 0 Å². The Morgan fingerprint density at radius 3 is 0.727 bits per heavy atom. The van der Waals surface area contributed by atoms with E-state index < -0.39 is 10.8 Å². The minimum atomic E-state index is -0.611. The maximum atomic E-state index is 9.56. The predicted molar refractivity (Wildman–Crippen MR) is 23.4 cm³/mol. The summed E-state index contributed by atoms with van der Waals surface area (Å²) in [6.07, 6.45) is 3.28. The fourth-order valence-corrected chi connectivity index (χ4v) is 0. The Kier molecular flexibility index (Phi) is 539. The number of hydrogen-bond acceptors (Lipinski definition) is 1. The summed E-state index contributed by atoms with van der Waals surface area (Å²) in [6.45, 7) is 0. The van der Waals surface area contributed by atoms with Crippen molar-refractivity contribution in [2.45, 2.75) is 0 Å². The molecule has 0 aliphatic carbocycles. The first-order chi connectivity index (χ1) is 1.73. The Hall–Kier alpha value is 1.12. The molecule has 0 saturated carbocycles. The van der Waals surface area contributed by atoms with Crippen LogP contribution in [0.3, 0.4) is 0 Å². The molecule has 0 spiro atoms. The van der Waals surface area contributed by atoms with Gasteiger partial charge in [0.2, 0.25) is 0 Å². The summed E-state index contributed by atoms with van der Waals surface area (Å²) in [5, 5.41) is 0. The van der Waals surface area contributed by atoms with E-state index in [0.29, 0.717) is 0 Å². The molecule has 0 aromatic rings. The molecule has 9 heteroatoms. The summed E-state index contributed by atoms with van der Waals surface area (Å²) in [4.78, 5) is 0. The van der Waals surface area contributed by atoms with E-state index in [1.165, 1.54) is 0 Å². The molecule has 0 heterocycles. The number of rotatable bonds is 0. The molecule has 0 fully saturated rings. The third-order valence-electron chi connectivity index (χ3n) is 0. The van der Waals surface area contributed by atoms with E-state index in [-0.39, 0.29) is 64.5 Å². The van der Waals surface area contributed by atoms with E-state index in [4.69, 9.17) is 0 Å². The first kappa shape index (κ1) is 88.3. The van der Waals surface area contributed by atoms with Crippen LogP contribution in [0.25, 0.3) is 0 Å². The van der Waals surface area contributed by atoms with Crippen molar-refractivity contribution in [3.63, 3.8) is 0 Å². The second kappa shape index (κ2) is 67.1. The first-order valence-corrected chi connectivity index (χ1v) is 2.95. The Labute approximate surface area is 91.9 Å². The van der Waals surface area contributed by atoms with Crippen LogP contribution in [-0.4, -0.2) is 16.7 Å². The van der Waals surface area contributed by atoms with E-state index in [1.807, 2.05) is 0 Å². The van der Waals surface area contributed by atoms with Gasteiger partial charge in [0.15, 0.2) is 0 Å². The Morgan fingerprint density at radius 2 is 0.727 bits per heavy atom. The van der Waals surface area contributed by atoms with Gasteiger partial charge in [-0.2, -0.15) is 0 Å². The summed E-state index contributed by atoms with van der Waals surface area (Å²) in [6, 6.07) is 0. The monoisotopic (exact) mass is 260 g/mol. The quantitative estimate of drug-likeness (QED) is 0.558. The molecule has 0 aromatic heterocycles. The van der Waals surface area contributed by atoms with Crippen LogP contribution in [0, 0.1) is 0 Å². The van der Waals surface area contributed by atoms with Gasteiger partial charge in [-0.25, -0.2) is 0 Å². The Balaban J connectivity index is -0.00000000214. The van der Waals surface area contributed by atoms with Crippen LogP contribution in [-0.2, 0) is 75.3 Å². The van der Waals surface area contributed by atoms with E-state index in [1.54, 1.807) is 12.5 Å². The van der Waals surface area contributed by atoms with Crippen LogP contribution in [0.1, 0.15) is 0 Å². The van der Waals surface area contributed by atoms with Gasteiger partial charge in [-0.05, 0) is 0 Å². The van der Waals surface area contributed by atoms with Gasteiger partial charge in [-0.15, -0.1) is 0 Å². The van der Waals surface area contributed by atoms with Gasteiger partial charge in [0.1, 0.15) is 0 Å². The molecule has 0 bridgehead atoms. The summed E-state index contributed by atoms with van der Waals surface area (Å²) in [5.74, 6) is 0. The number of hydrogen-bond donors (Lipinski definition) is 0. The standard InChI is InChI=1S/C2H6OS.5O.2V/c1-4(2)3;;;;;;;/h1-2H3;;;;;;;/q;5*-2;;. The molecular formula is C2H6O6SV2-10. The molecule has 0 atom stereocenters. The fourth-order valence-electron chi connectivity index (χ4n) is 0. The van der Waals surface area contributed by atoms with Crippen molar-refractivity contribution in [3.8, 4) is 0 Å². The molecule has 0 saturated heterocycles. The molecular weight excluding hydrogens is 254 g/mol. The molecule has 0 amide bonds. The normalized spacial score (nSPS) is 3.18. The topological polar surface area (TPSA) is 160 Å². The second-order valence-electron chi connectivity index (χ2n) is 0.742. The van der Waals surface area contributed by atoms with Crippen molar-refractivity contribution < 1.29 is 68.7 Å².